The van der Waals surface area contributed by atoms with E-state index < -0.39 is 5.54 Å². The Kier molecular flexibility index (Phi) is 5.40. The molecule has 0 bridgehead atoms. The minimum absolute atomic E-state index is 0.327. The number of carbonyl (C=O) groups is 1. The highest BCUT2D eigenvalue weighted by Crippen LogP contribution is 2.23. The molecule has 0 radical (unpaired) electrons. The molecular formula is C13H26N2O2. The van der Waals surface area contributed by atoms with E-state index >= 15 is 0 Å². The highest BCUT2D eigenvalue weighted by molar-refractivity contribution is 5.80. The van der Waals surface area contributed by atoms with E-state index in [2.05, 4.69) is 11.8 Å². The Balaban J connectivity index is 2.58. The molecule has 1 aliphatic carbocycles. The summed E-state index contributed by atoms with van der Waals surface area (Å²) in [4.78, 5) is 13.9. The van der Waals surface area contributed by atoms with Gasteiger partial charge in [0, 0.05) is 12.6 Å². The van der Waals surface area contributed by atoms with Gasteiger partial charge in [-0.25, -0.2) is 0 Å². The number of hydrogen-bond donors (Lipinski definition) is 1. The average Bonchev–Trinajstić information content (AvgIpc) is 2.36. The zero-order chi connectivity index (χ0) is 12.9. The minimum Gasteiger partial charge on any atom is -0.468 e. The Morgan fingerprint density at radius 3 is 2.47 bits per heavy atom. The third-order valence-corrected chi connectivity index (χ3v) is 3.68. The Bertz CT molecular complexity index is 248. The van der Waals surface area contributed by atoms with Crippen molar-refractivity contribution in [1.29, 1.82) is 0 Å². The standard InChI is InChI=1S/C13H26N2O2/c1-4-15(11-8-6-5-7-9-11)10-13(2,14)12(16)17-3/h11H,4-10,14H2,1-3H3. The highest BCUT2D eigenvalue weighted by Gasteiger charge is 2.33. The van der Waals surface area contributed by atoms with Gasteiger partial charge in [0.25, 0.3) is 0 Å². The first-order valence-corrected chi connectivity index (χ1v) is 6.62. The van der Waals surface area contributed by atoms with Crippen molar-refractivity contribution in [2.75, 3.05) is 20.2 Å². The predicted molar refractivity (Wildman–Crippen MR) is 68.7 cm³/mol. The molecule has 0 amide bonds. The van der Waals surface area contributed by atoms with Crippen LogP contribution in [0.25, 0.3) is 0 Å². The molecule has 1 fully saturated rings. The lowest BCUT2D eigenvalue weighted by molar-refractivity contribution is -0.147. The summed E-state index contributed by atoms with van der Waals surface area (Å²) in [5.74, 6) is -0.327. The molecule has 0 aromatic heterocycles. The fraction of sp³-hybridized carbons (Fsp3) is 0.923. The molecule has 4 nitrogen and oxygen atoms in total. The molecule has 1 saturated carbocycles. The highest BCUT2D eigenvalue weighted by atomic mass is 16.5. The summed E-state index contributed by atoms with van der Waals surface area (Å²) < 4.78 is 4.76. The van der Waals surface area contributed by atoms with E-state index in [1.165, 1.54) is 39.2 Å². The van der Waals surface area contributed by atoms with Gasteiger partial charge in [-0.2, -0.15) is 0 Å². The Morgan fingerprint density at radius 2 is 2.00 bits per heavy atom. The topological polar surface area (TPSA) is 55.6 Å². The van der Waals surface area contributed by atoms with Crippen molar-refractivity contribution in [3.8, 4) is 0 Å². The van der Waals surface area contributed by atoms with Gasteiger partial charge in [-0.05, 0) is 26.3 Å². The van der Waals surface area contributed by atoms with Crippen molar-refractivity contribution in [3.63, 3.8) is 0 Å². The van der Waals surface area contributed by atoms with E-state index in [4.69, 9.17) is 10.5 Å². The largest absolute Gasteiger partial charge is 0.468 e. The third kappa shape index (κ3) is 3.96. The molecule has 1 rings (SSSR count). The maximum atomic E-state index is 11.6. The van der Waals surface area contributed by atoms with E-state index in [-0.39, 0.29) is 5.97 Å². The number of ether oxygens (including phenoxy) is 1. The van der Waals surface area contributed by atoms with E-state index in [1.807, 2.05) is 0 Å². The van der Waals surface area contributed by atoms with Gasteiger partial charge in [-0.15, -0.1) is 0 Å². The van der Waals surface area contributed by atoms with Crippen LogP contribution in [0, 0.1) is 0 Å². The van der Waals surface area contributed by atoms with Crippen molar-refractivity contribution in [2.45, 2.75) is 57.5 Å². The van der Waals surface area contributed by atoms with Gasteiger partial charge in [0.15, 0.2) is 0 Å². The molecule has 100 valence electrons. The summed E-state index contributed by atoms with van der Waals surface area (Å²) in [6, 6.07) is 0.585. The number of rotatable bonds is 5. The summed E-state index contributed by atoms with van der Waals surface area (Å²) in [5, 5.41) is 0. The maximum Gasteiger partial charge on any atom is 0.326 e. The maximum absolute atomic E-state index is 11.6. The normalized spacial score (nSPS) is 21.2. The monoisotopic (exact) mass is 242 g/mol. The second-order valence-corrected chi connectivity index (χ2v) is 5.26. The number of methoxy groups -OCH3 is 1. The Morgan fingerprint density at radius 1 is 1.41 bits per heavy atom. The number of carbonyl (C=O) groups excluding carboxylic acids is 1. The molecule has 2 N–H and O–H groups in total. The van der Waals surface area contributed by atoms with Gasteiger partial charge < -0.3 is 10.5 Å². The lowest BCUT2D eigenvalue weighted by Crippen LogP contribution is -2.56. The van der Waals surface area contributed by atoms with Crippen LogP contribution in [0.2, 0.25) is 0 Å². The van der Waals surface area contributed by atoms with Crippen LogP contribution in [-0.2, 0) is 9.53 Å². The van der Waals surface area contributed by atoms with Crippen LogP contribution in [0.3, 0.4) is 0 Å². The molecule has 0 aliphatic heterocycles. The van der Waals surface area contributed by atoms with Gasteiger partial charge >= 0.3 is 5.97 Å². The summed E-state index contributed by atoms with van der Waals surface area (Å²) in [6.45, 7) is 5.40. The fourth-order valence-corrected chi connectivity index (χ4v) is 2.66. The Labute approximate surface area is 104 Å². The second kappa shape index (κ2) is 6.36. The number of hydrogen-bond acceptors (Lipinski definition) is 4. The molecule has 0 heterocycles. The van der Waals surface area contributed by atoms with Crippen LogP contribution in [0.5, 0.6) is 0 Å². The van der Waals surface area contributed by atoms with Gasteiger partial charge in [0.1, 0.15) is 5.54 Å². The van der Waals surface area contributed by atoms with Gasteiger partial charge in [0.2, 0.25) is 0 Å². The lowest BCUT2D eigenvalue weighted by Gasteiger charge is -2.37. The van der Waals surface area contributed by atoms with Crippen LogP contribution >= 0.6 is 0 Å². The number of nitrogens with two attached hydrogens (primary N) is 1. The summed E-state index contributed by atoms with van der Waals surface area (Å²) in [7, 11) is 1.39. The van der Waals surface area contributed by atoms with E-state index in [0.717, 1.165) is 6.54 Å². The fourth-order valence-electron chi connectivity index (χ4n) is 2.66. The van der Waals surface area contributed by atoms with Crippen molar-refractivity contribution in [2.24, 2.45) is 5.73 Å². The molecule has 1 aliphatic rings. The first-order chi connectivity index (χ1) is 8.01. The molecule has 1 unspecified atom stereocenters. The first-order valence-electron chi connectivity index (χ1n) is 6.62. The van der Waals surface area contributed by atoms with Gasteiger partial charge in [-0.1, -0.05) is 26.2 Å². The van der Waals surface area contributed by atoms with E-state index in [0.29, 0.717) is 12.6 Å². The van der Waals surface area contributed by atoms with Crippen LogP contribution in [-0.4, -0.2) is 42.6 Å². The molecule has 4 heteroatoms. The summed E-state index contributed by atoms with van der Waals surface area (Å²) in [6.07, 6.45) is 6.38. The van der Waals surface area contributed by atoms with Crippen molar-refractivity contribution >= 4 is 5.97 Å². The SMILES string of the molecule is CCN(CC(C)(N)C(=O)OC)C1CCCCC1. The number of likely N-dealkylation sites (N-methyl/N-ethyl adjacent to an activating group) is 1. The van der Waals surface area contributed by atoms with Crippen LogP contribution in [0.4, 0.5) is 0 Å². The number of nitrogens with zero attached hydrogens (tertiary/aromatic N) is 1. The van der Waals surface area contributed by atoms with E-state index in [1.54, 1.807) is 6.92 Å². The Hall–Kier alpha value is -0.610. The van der Waals surface area contributed by atoms with Crippen molar-refractivity contribution in [1.82, 2.24) is 4.90 Å². The van der Waals surface area contributed by atoms with Crippen LogP contribution in [0.15, 0.2) is 0 Å². The molecule has 0 saturated heterocycles. The van der Waals surface area contributed by atoms with Crippen molar-refractivity contribution in [3.05, 3.63) is 0 Å². The predicted octanol–water partition coefficient (Wildman–Crippen LogP) is 1.53. The van der Waals surface area contributed by atoms with Gasteiger partial charge in [-0.3, -0.25) is 9.69 Å². The molecule has 0 aromatic rings. The summed E-state index contributed by atoms with van der Waals surface area (Å²) >= 11 is 0. The van der Waals surface area contributed by atoms with E-state index in [9.17, 15) is 4.79 Å². The lowest BCUT2D eigenvalue weighted by atomic mass is 9.92. The van der Waals surface area contributed by atoms with Gasteiger partial charge in [0.05, 0.1) is 7.11 Å². The smallest absolute Gasteiger partial charge is 0.326 e. The third-order valence-electron chi connectivity index (χ3n) is 3.68. The molecular weight excluding hydrogens is 216 g/mol. The quantitative estimate of drug-likeness (QED) is 0.743. The summed E-state index contributed by atoms with van der Waals surface area (Å²) in [5.41, 5.74) is 5.14. The minimum atomic E-state index is -0.901. The molecule has 17 heavy (non-hydrogen) atoms. The van der Waals surface area contributed by atoms with Crippen molar-refractivity contribution < 1.29 is 9.53 Å². The molecule has 0 spiro atoms. The zero-order valence-corrected chi connectivity index (χ0v) is 11.4. The molecule has 0 aromatic carbocycles. The average molecular weight is 242 g/mol. The van der Waals surface area contributed by atoms with Crippen LogP contribution < -0.4 is 5.73 Å². The van der Waals surface area contributed by atoms with Crippen LogP contribution in [0.1, 0.15) is 46.0 Å². The molecule has 1 atom stereocenters. The number of esters is 1. The second-order valence-electron chi connectivity index (χ2n) is 5.26. The zero-order valence-electron chi connectivity index (χ0n) is 11.4. The first kappa shape index (κ1) is 14.5.